The van der Waals surface area contributed by atoms with Crippen LogP contribution in [0, 0.1) is 6.92 Å². The van der Waals surface area contributed by atoms with E-state index in [-0.39, 0.29) is 0 Å². The Balaban J connectivity index is 1.91. The Hall–Kier alpha value is -4.14. The number of benzene rings is 2. The summed E-state index contributed by atoms with van der Waals surface area (Å²) in [6.45, 7) is 3.51. The summed E-state index contributed by atoms with van der Waals surface area (Å²) >= 11 is 0. The molecule has 34 heavy (non-hydrogen) atoms. The number of rotatable bonds is 7. The maximum absolute atomic E-state index is 12.8. The van der Waals surface area contributed by atoms with Crippen molar-refractivity contribution in [2.75, 3.05) is 14.2 Å². The number of Topliss-reactive ketones (excluding diaryl/α,β-unsaturated/α-hetero) is 1. The minimum atomic E-state index is -1.38. The molecule has 2 atom stereocenters. The van der Waals surface area contributed by atoms with Crippen LogP contribution in [0.1, 0.15) is 30.5 Å². The predicted octanol–water partition coefficient (Wildman–Crippen LogP) is 2.80. The molecule has 0 saturated heterocycles. The van der Waals surface area contributed by atoms with Gasteiger partial charge in [0.25, 0.3) is 5.91 Å². The number of ether oxygens (including phenoxy) is 1. The molecule has 0 fully saturated rings. The van der Waals surface area contributed by atoms with Crippen molar-refractivity contribution in [3.63, 3.8) is 0 Å². The number of hydrogen-bond donors (Lipinski definition) is 3. The van der Waals surface area contributed by atoms with Gasteiger partial charge in [-0.15, -0.1) is 0 Å². The van der Waals surface area contributed by atoms with Gasteiger partial charge < -0.3 is 25.4 Å². The summed E-state index contributed by atoms with van der Waals surface area (Å²) < 4.78 is 5.41. The van der Waals surface area contributed by atoms with Crippen molar-refractivity contribution < 1.29 is 29.0 Å². The van der Waals surface area contributed by atoms with Gasteiger partial charge in [0.1, 0.15) is 5.75 Å². The van der Waals surface area contributed by atoms with Gasteiger partial charge in [0, 0.05) is 18.8 Å². The molecule has 2 unspecified atom stereocenters. The Kier molecular flexibility index (Phi) is 7.35. The van der Waals surface area contributed by atoms with Crippen LogP contribution in [-0.4, -0.2) is 53.9 Å². The average molecular weight is 466 g/mol. The Labute approximate surface area is 197 Å². The summed E-state index contributed by atoms with van der Waals surface area (Å²) in [5, 5.41) is 14.4. The highest BCUT2D eigenvalue weighted by Gasteiger charge is 2.35. The number of carbonyl (C=O) groups is 4. The maximum atomic E-state index is 12.8. The first-order valence-corrected chi connectivity index (χ1v) is 10.6. The van der Waals surface area contributed by atoms with E-state index in [4.69, 9.17) is 4.74 Å². The molecule has 2 aromatic carbocycles. The van der Waals surface area contributed by atoms with E-state index in [1.165, 1.54) is 25.3 Å². The van der Waals surface area contributed by atoms with Gasteiger partial charge in [-0.05, 0) is 54.3 Å². The van der Waals surface area contributed by atoms with E-state index in [9.17, 15) is 24.3 Å². The predicted molar refractivity (Wildman–Crippen MR) is 125 cm³/mol. The molecule has 0 radical (unpaired) electrons. The molecule has 0 spiro atoms. The third-order valence-electron chi connectivity index (χ3n) is 5.62. The smallest absolute Gasteiger partial charge is 0.316 e. The van der Waals surface area contributed by atoms with Crippen LogP contribution in [0.2, 0.25) is 0 Å². The number of urea groups is 1. The normalized spacial score (nSPS) is 16.5. The van der Waals surface area contributed by atoms with Gasteiger partial charge >= 0.3 is 12.0 Å². The lowest BCUT2D eigenvalue weighted by Gasteiger charge is -2.27. The highest BCUT2D eigenvalue weighted by atomic mass is 16.5. The summed E-state index contributed by atoms with van der Waals surface area (Å²) in [5.74, 6) is -1.73. The molecule has 3 N–H and O–H groups in total. The molecule has 0 aromatic heterocycles. The molecule has 1 aliphatic heterocycles. The van der Waals surface area contributed by atoms with Crippen molar-refractivity contribution in [3.05, 3.63) is 65.4 Å². The summed E-state index contributed by atoms with van der Waals surface area (Å²) in [6, 6.07) is 9.81. The van der Waals surface area contributed by atoms with Gasteiger partial charge in [0.05, 0.1) is 19.6 Å². The number of carbonyl (C=O) groups excluding carboxylic acids is 3. The van der Waals surface area contributed by atoms with E-state index in [0.29, 0.717) is 16.9 Å². The molecule has 3 amide bonds. The number of aryl methyl sites for hydroxylation is 1. The average Bonchev–Trinajstić information content (AvgIpc) is 2.79. The lowest BCUT2D eigenvalue weighted by molar-refractivity contribution is -0.138. The van der Waals surface area contributed by atoms with Crippen LogP contribution in [0.5, 0.6) is 5.75 Å². The number of ketones is 1. The highest BCUT2D eigenvalue weighted by Crippen LogP contribution is 2.31. The molecule has 2 aromatic rings. The summed E-state index contributed by atoms with van der Waals surface area (Å²) in [4.78, 5) is 50.3. The Bertz CT molecular complexity index is 1170. The molecule has 9 nitrogen and oxygen atoms in total. The number of aliphatic carboxylic acids is 1. The van der Waals surface area contributed by atoms with Crippen molar-refractivity contribution in [1.29, 1.82) is 0 Å². The van der Waals surface area contributed by atoms with E-state index in [1.54, 1.807) is 19.1 Å². The third-order valence-corrected chi connectivity index (χ3v) is 5.62. The maximum Gasteiger partial charge on any atom is 0.316 e. The number of likely N-dealkylation sites (N-methyl/N-ethyl adjacent to an activating group) is 1. The molecular formula is C25H27N3O6. The number of carboxylic acid groups (broad SMARTS) is 1. The van der Waals surface area contributed by atoms with Crippen molar-refractivity contribution in [3.8, 4) is 16.9 Å². The monoisotopic (exact) mass is 465 g/mol. The molecule has 9 heteroatoms. The first-order valence-electron chi connectivity index (χ1n) is 10.6. The van der Waals surface area contributed by atoms with Crippen molar-refractivity contribution >= 4 is 23.7 Å². The molecule has 0 bridgehead atoms. The van der Waals surface area contributed by atoms with Crippen molar-refractivity contribution in [2.45, 2.75) is 32.4 Å². The van der Waals surface area contributed by atoms with Crippen LogP contribution in [0.15, 0.2) is 54.2 Å². The standard InChI is InChI=1S/C25H27N3O6/c1-14-7-5-6-8-19(14)16-9-17(11-18(10-16)34-4)20(12-21(29)30)26-25(33)27-22-23(31)15(2)13-28(3)24(22)32/h5-11,13,20,22H,12H2,1-4H3,(H,29,30)(H2,26,27,33). The second-order valence-corrected chi connectivity index (χ2v) is 8.14. The van der Waals surface area contributed by atoms with Crippen LogP contribution in [0.25, 0.3) is 11.1 Å². The van der Waals surface area contributed by atoms with Gasteiger partial charge in [-0.25, -0.2) is 4.79 Å². The van der Waals surface area contributed by atoms with Gasteiger partial charge in [-0.1, -0.05) is 24.3 Å². The fourth-order valence-corrected chi connectivity index (χ4v) is 3.84. The fourth-order valence-electron chi connectivity index (χ4n) is 3.84. The van der Waals surface area contributed by atoms with Gasteiger partial charge in [0.15, 0.2) is 11.8 Å². The SMILES string of the molecule is COc1cc(-c2ccccc2C)cc(C(CC(=O)O)NC(=O)NC2C(=O)C(C)=CN(C)C2=O)c1. The number of methoxy groups -OCH3 is 1. The van der Waals surface area contributed by atoms with E-state index < -0.39 is 42.2 Å². The quantitative estimate of drug-likeness (QED) is 0.540. The molecule has 3 rings (SSSR count). The van der Waals surface area contributed by atoms with E-state index in [1.807, 2.05) is 37.3 Å². The van der Waals surface area contributed by atoms with Crippen molar-refractivity contribution in [1.82, 2.24) is 15.5 Å². The molecule has 1 aliphatic rings. The number of nitrogens with zero attached hydrogens (tertiary/aromatic N) is 1. The van der Waals surface area contributed by atoms with Crippen LogP contribution < -0.4 is 15.4 Å². The molecular weight excluding hydrogens is 438 g/mol. The van der Waals surface area contributed by atoms with Crippen LogP contribution in [0.4, 0.5) is 4.79 Å². The zero-order valence-corrected chi connectivity index (χ0v) is 19.4. The zero-order valence-electron chi connectivity index (χ0n) is 19.4. The summed E-state index contributed by atoms with van der Waals surface area (Å²) in [6.07, 6.45) is 0.983. The van der Waals surface area contributed by atoms with Crippen molar-refractivity contribution in [2.24, 2.45) is 0 Å². The largest absolute Gasteiger partial charge is 0.497 e. The fraction of sp³-hybridized carbons (Fsp3) is 0.280. The first-order chi connectivity index (χ1) is 16.1. The van der Waals surface area contributed by atoms with Gasteiger partial charge in [0.2, 0.25) is 0 Å². The number of nitrogens with one attached hydrogen (secondary N) is 2. The third kappa shape index (κ3) is 5.43. The Morgan fingerprint density at radius 2 is 1.85 bits per heavy atom. The van der Waals surface area contributed by atoms with Gasteiger partial charge in [-0.3, -0.25) is 14.4 Å². The van der Waals surface area contributed by atoms with Crippen LogP contribution in [0.3, 0.4) is 0 Å². The Morgan fingerprint density at radius 1 is 1.15 bits per heavy atom. The summed E-state index contributed by atoms with van der Waals surface area (Å²) in [7, 11) is 2.99. The van der Waals surface area contributed by atoms with E-state index in [0.717, 1.165) is 16.7 Å². The number of carboxylic acids is 1. The lowest BCUT2D eigenvalue weighted by Crippen LogP contribution is -2.56. The zero-order chi connectivity index (χ0) is 25.0. The second kappa shape index (κ2) is 10.2. The second-order valence-electron chi connectivity index (χ2n) is 8.14. The van der Waals surface area contributed by atoms with Gasteiger partial charge in [-0.2, -0.15) is 0 Å². The van der Waals surface area contributed by atoms with E-state index in [2.05, 4.69) is 10.6 Å². The summed E-state index contributed by atoms with van der Waals surface area (Å²) in [5.41, 5.74) is 3.58. The molecule has 0 saturated carbocycles. The number of amides is 3. The minimum Gasteiger partial charge on any atom is -0.497 e. The Morgan fingerprint density at radius 3 is 2.50 bits per heavy atom. The minimum absolute atomic E-state index is 0.324. The highest BCUT2D eigenvalue weighted by molar-refractivity contribution is 6.16. The molecule has 178 valence electrons. The number of hydrogen-bond acceptors (Lipinski definition) is 5. The van der Waals surface area contributed by atoms with Crippen LogP contribution in [-0.2, 0) is 14.4 Å². The topological polar surface area (TPSA) is 125 Å². The first kappa shape index (κ1) is 24.5. The molecule has 0 aliphatic carbocycles. The molecule has 1 heterocycles. The van der Waals surface area contributed by atoms with E-state index >= 15 is 0 Å². The lowest BCUT2D eigenvalue weighted by atomic mass is 9.95. The van der Waals surface area contributed by atoms with Crippen LogP contribution >= 0.6 is 0 Å².